The predicted molar refractivity (Wildman–Crippen MR) is 93.4 cm³/mol. The quantitative estimate of drug-likeness (QED) is 0.354. The molecule has 0 saturated heterocycles. The van der Waals surface area contributed by atoms with Gasteiger partial charge in [0.15, 0.2) is 0 Å². The number of hydrogen-bond acceptors (Lipinski definition) is 5. The van der Waals surface area contributed by atoms with E-state index in [1.54, 1.807) is 12.1 Å². The van der Waals surface area contributed by atoms with Crippen molar-refractivity contribution in [2.75, 3.05) is 6.61 Å². The zero-order valence-electron chi connectivity index (χ0n) is 13.2. The van der Waals surface area contributed by atoms with E-state index in [0.717, 1.165) is 11.3 Å². The van der Waals surface area contributed by atoms with Crippen molar-refractivity contribution in [2.24, 2.45) is 5.11 Å². The highest BCUT2D eigenvalue weighted by molar-refractivity contribution is 7.99. The molecule has 2 aromatic rings. The maximum atomic E-state index is 9.42. The molecular formula is C17H17N5OS. The van der Waals surface area contributed by atoms with E-state index in [9.17, 15) is 10.4 Å². The number of aliphatic hydroxyl groups excluding tert-OH is 1. The maximum absolute atomic E-state index is 9.42. The van der Waals surface area contributed by atoms with Crippen molar-refractivity contribution in [3.63, 3.8) is 0 Å². The minimum Gasteiger partial charge on any atom is -0.396 e. The van der Waals surface area contributed by atoms with Gasteiger partial charge in [-0.2, -0.15) is 5.26 Å². The first-order valence-electron chi connectivity index (χ1n) is 7.42. The minimum atomic E-state index is -0.525. The Hall–Kier alpha value is -2.52. The van der Waals surface area contributed by atoms with Crippen LogP contribution in [0.25, 0.3) is 10.4 Å². The molecule has 0 aliphatic rings. The molecule has 0 aliphatic carbocycles. The van der Waals surface area contributed by atoms with Gasteiger partial charge in [0.2, 0.25) is 0 Å². The Bertz CT molecular complexity index is 768. The molecule has 24 heavy (non-hydrogen) atoms. The Morgan fingerprint density at radius 1 is 1.33 bits per heavy atom. The molecule has 2 atom stereocenters. The molecule has 0 radical (unpaired) electrons. The first kappa shape index (κ1) is 17.8. The van der Waals surface area contributed by atoms with Crippen LogP contribution in [0, 0.1) is 18.3 Å². The van der Waals surface area contributed by atoms with E-state index in [0.29, 0.717) is 17.0 Å². The van der Waals surface area contributed by atoms with Crippen LogP contribution in [0.2, 0.25) is 0 Å². The number of pyridine rings is 1. The second-order valence-electron chi connectivity index (χ2n) is 5.21. The van der Waals surface area contributed by atoms with Crippen molar-refractivity contribution in [2.45, 2.75) is 29.7 Å². The molecule has 2 rings (SSSR count). The number of nitriles is 1. The van der Waals surface area contributed by atoms with E-state index < -0.39 is 6.04 Å². The topological polar surface area (TPSA) is 106 Å². The molecule has 122 valence electrons. The molecule has 0 spiro atoms. The lowest BCUT2D eigenvalue weighted by molar-refractivity contribution is 0.259. The van der Waals surface area contributed by atoms with Gasteiger partial charge in [0.1, 0.15) is 11.1 Å². The van der Waals surface area contributed by atoms with E-state index >= 15 is 0 Å². The van der Waals surface area contributed by atoms with Gasteiger partial charge in [0, 0.05) is 15.9 Å². The number of thioether (sulfide) groups is 1. The lowest BCUT2D eigenvalue weighted by Gasteiger charge is -2.20. The van der Waals surface area contributed by atoms with Crippen molar-refractivity contribution in [1.29, 1.82) is 5.26 Å². The fraction of sp³-hybridized carbons (Fsp3) is 0.294. The highest BCUT2D eigenvalue weighted by Crippen LogP contribution is 2.39. The van der Waals surface area contributed by atoms with Crippen molar-refractivity contribution in [1.82, 2.24) is 4.98 Å². The molecule has 1 N–H and O–H groups in total. The summed E-state index contributed by atoms with van der Waals surface area (Å²) in [7, 11) is 0. The monoisotopic (exact) mass is 339 g/mol. The van der Waals surface area contributed by atoms with Crippen LogP contribution >= 0.6 is 11.8 Å². The molecule has 0 bridgehead atoms. The van der Waals surface area contributed by atoms with Gasteiger partial charge in [-0.05, 0) is 36.6 Å². The summed E-state index contributed by atoms with van der Waals surface area (Å²) in [4.78, 5) is 7.26. The molecule has 7 heteroatoms. The van der Waals surface area contributed by atoms with Gasteiger partial charge in [0.05, 0.1) is 18.2 Å². The number of aromatic nitrogens is 1. The lowest BCUT2D eigenvalue weighted by Crippen LogP contribution is -2.13. The van der Waals surface area contributed by atoms with E-state index in [1.165, 1.54) is 11.8 Å². The zero-order valence-corrected chi connectivity index (χ0v) is 14.0. The summed E-state index contributed by atoms with van der Waals surface area (Å²) in [6, 6.07) is 14.9. The normalized spacial score (nSPS) is 12.7. The number of aliphatic hydroxyl groups is 1. The van der Waals surface area contributed by atoms with Crippen molar-refractivity contribution < 1.29 is 5.11 Å². The number of rotatable bonds is 7. The number of benzene rings is 1. The van der Waals surface area contributed by atoms with E-state index in [-0.39, 0.29) is 11.9 Å². The lowest BCUT2D eigenvalue weighted by atomic mass is 10.1. The SMILES string of the molecule is Cc1ccc(C#N)c(S[C@H](C[C@@H](CO)N=[N+]=[N-])c2ccccc2)n1. The van der Waals surface area contributed by atoms with Gasteiger partial charge in [0.25, 0.3) is 0 Å². The second-order valence-corrected chi connectivity index (χ2v) is 6.40. The number of azide groups is 1. The summed E-state index contributed by atoms with van der Waals surface area (Å²) in [6.07, 6.45) is 0.454. The highest BCUT2D eigenvalue weighted by atomic mass is 32.2. The average molecular weight is 339 g/mol. The van der Waals surface area contributed by atoms with Gasteiger partial charge in [-0.15, -0.1) is 0 Å². The largest absolute Gasteiger partial charge is 0.396 e. The van der Waals surface area contributed by atoms with Crippen LogP contribution in [0.3, 0.4) is 0 Å². The molecule has 0 saturated carbocycles. The predicted octanol–water partition coefficient (Wildman–Crippen LogP) is 4.16. The summed E-state index contributed by atoms with van der Waals surface area (Å²) >= 11 is 1.45. The first-order chi connectivity index (χ1) is 11.7. The van der Waals surface area contributed by atoms with E-state index in [2.05, 4.69) is 21.1 Å². The molecule has 1 heterocycles. The van der Waals surface area contributed by atoms with Gasteiger partial charge < -0.3 is 5.11 Å². The summed E-state index contributed by atoms with van der Waals surface area (Å²) in [5.74, 6) is 0. The minimum absolute atomic E-state index is 0.0877. The van der Waals surface area contributed by atoms with Gasteiger partial charge >= 0.3 is 0 Å². The summed E-state index contributed by atoms with van der Waals surface area (Å²) in [5, 5.41) is 22.9. The van der Waals surface area contributed by atoms with Crippen LogP contribution in [0.15, 0.2) is 52.6 Å². The van der Waals surface area contributed by atoms with Crippen LogP contribution in [-0.4, -0.2) is 22.7 Å². The molecule has 0 aliphatic heterocycles. The first-order valence-corrected chi connectivity index (χ1v) is 8.30. The summed E-state index contributed by atoms with van der Waals surface area (Å²) in [6.45, 7) is 1.65. The molecule has 1 aromatic carbocycles. The Labute approximate surface area is 144 Å². The standard InChI is InChI=1S/C17H17N5OS/c1-12-7-8-14(10-18)17(20-12)24-16(9-15(11-23)21-22-19)13-5-3-2-4-6-13/h2-8,15-16,23H,9,11H2,1H3/t15-,16+/m0/s1. The van der Waals surface area contributed by atoms with Gasteiger partial charge in [-0.3, -0.25) is 0 Å². The van der Waals surface area contributed by atoms with E-state index in [4.69, 9.17) is 5.53 Å². The van der Waals surface area contributed by atoms with Crippen LogP contribution in [0.1, 0.15) is 28.5 Å². The molecule has 0 fully saturated rings. The summed E-state index contributed by atoms with van der Waals surface area (Å²) < 4.78 is 0. The average Bonchev–Trinajstić information content (AvgIpc) is 2.61. The Morgan fingerprint density at radius 3 is 2.71 bits per heavy atom. The summed E-state index contributed by atoms with van der Waals surface area (Å²) in [5.41, 5.74) is 11.0. The van der Waals surface area contributed by atoms with Crippen molar-refractivity contribution in [3.8, 4) is 6.07 Å². The number of hydrogen-bond donors (Lipinski definition) is 1. The molecular weight excluding hydrogens is 322 g/mol. The third kappa shape index (κ3) is 4.74. The Balaban J connectivity index is 2.35. The third-order valence-electron chi connectivity index (χ3n) is 3.46. The van der Waals surface area contributed by atoms with Crippen LogP contribution in [0.4, 0.5) is 0 Å². The Morgan fingerprint density at radius 2 is 2.08 bits per heavy atom. The Kier molecular flexibility index (Phi) is 6.64. The fourth-order valence-corrected chi connectivity index (χ4v) is 3.56. The molecule has 0 unspecified atom stereocenters. The third-order valence-corrected chi connectivity index (χ3v) is 4.74. The molecule has 0 amide bonds. The van der Waals surface area contributed by atoms with Crippen LogP contribution < -0.4 is 0 Å². The van der Waals surface area contributed by atoms with Gasteiger partial charge in [-0.25, -0.2) is 4.98 Å². The van der Waals surface area contributed by atoms with Crippen LogP contribution in [-0.2, 0) is 0 Å². The van der Waals surface area contributed by atoms with Crippen LogP contribution in [0.5, 0.6) is 0 Å². The van der Waals surface area contributed by atoms with Crippen molar-refractivity contribution in [3.05, 3.63) is 69.7 Å². The highest BCUT2D eigenvalue weighted by Gasteiger charge is 2.20. The fourth-order valence-electron chi connectivity index (χ4n) is 2.24. The smallest absolute Gasteiger partial charge is 0.115 e. The van der Waals surface area contributed by atoms with Gasteiger partial charge in [-0.1, -0.05) is 47.2 Å². The number of aryl methyl sites for hydroxylation is 1. The van der Waals surface area contributed by atoms with Crippen molar-refractivity contribution >= 4 is 11.8 Å². The molecule has 6 nitrogen and oxygen atoms in total. The molecule has 1 aromatic heterocycles. The van der Waals surface area contributed by atoms with E-state index in [1.807, 2.05) is 37.3 Å². The number of nitrogens with zero attached hydrogens (tertiary/aromatic N) is 5. The maximum Gasteiger partial charge on any atom is 0.115 e. The zero-order chi connectivity index (χ0) is 17.4. The second kappa shape index (κ2) is 8.94.